The predicted molar refractivity (Wildman–Crippen MR) is 370 cm³/mol. The van der Waals surface area contributed by atoms with Crippen LogP contribution in [0.5, 0.6) is 11.5 Å². The molecule has 0 radical (unpaired) electrons. The first-order chi connectivity index (χ1) is 47.9. The molecule has 0 aromatic heterocycles. The van der Waals surface area contributed by atoms with E-state index >= 15 is 0 Å². The summed E-state index contributed by atoms with van der Waals surface area (Å²) in [5, 5.41) is 0. The zero-order chi connectivity index (χ0) is 66.9. The number of hydrogen-bond donors (Lipinski definition) is 0. The van der Waals surface area contributed by atoms with Crippen molar-refractivity contribution in [3.8, 4) is 11.5 Å². The molecule has 2 heterocycles. The van der Waals surface area contributed by atoms with E-state index in [0.29, 0.717) is 35.8 Å². The Hall–Kier alpha value is -8.06. The van der Waals surface area contributed by atoms with Gasteiger partial charge in [-0.1, -0.05) is 247 Å². The van der Waals surface area contributed by atoms with Gasteiger partial charge < -0.3 is 61.6 Å². The van der Waals surface area contributed by atoms with E-state index in [2.05, 4.69) is 13.8 Å². The van der Waals surface area contributed by atoms with E-state index in [4.69, 9.17) is 61.6 Å². The fourth-order valence-electron chi connectivity index (χ4n) is 11.8. The summed E-state index contributed by atoms with van der Waals surface area (Å²) in [6.07, 6.45) is 0.347. The Morgan fingerprint density at radius 1 is 0.309 bits per heavy atom. The number of unbranched alkanes of at least 4 members (excludes halogenated alkanes) is 8. The van der Waals surface area contributed by atoms with Crippen molar-refractivity contribution >= 4 is 11.9 Å². The molecule has 0 spiro atoms. The van der Waals surface area contributed by atoms with E-state index in [1.807, 2.05) is 182 Å². The molecule has 0 bridgehead atoms. The lowest BCUT2D eigenvalue weighted by Crippen LogP contribution is -2.66. The third kappa shape index (κ3) is 23.0. The summed E-state index contributed by atoms with van der Waals surface area (Å²) in [5.41, 5.74) is 5.95. The van der Waals surface area contributed by atoms with Crippen LogP contribution < -0.4 is 9.47 Å². The van der Waals surface area contributed by atoms with Crippen LogP contribution in [-0.4, -0.2) is 99.8 Å². The van der Waals surface area contributed by atoms with E-state index in [1.165, 1.54) is 38.5 Å². The lowest BCUT2D eigenvalue weighted by atomic mass is 9.96. The first-order valence-electron chi connectivity index (χ1n) is 34.6. The molecular formula is C82H94O15. The van der Waals surface area contributed by atoms with Gasteiger partial charge in [0.1, 0.15) is 73.5 Å². The zero-order valence-electron chi connectivity index (χ0n) is 56.0. The monoisotopic (exact) mass is 1320 g/mol. The molecule has 6 unspecified atom stereocenters. The molecule has 15 nitrogen and oxygen atoms in total. The van der Waals surface area contributed by atoms with Crippen molar-refractivity contribution in [2.45, 2.75) is 179 Å². The van der Waals surface area contributed by atoms with Gasteiger partial charge in [-0.2, -0.15) is 0 Å². The Bertz CT molecular complexity index is 3210. The largest absolute Gasteiger partial charge is 0.494 e. The molecular weight excluding hydrogens is 1220 g/mol. The second kappa shape index (κ2) is 40.0. The highest BCUT2D eigenvalue weighted by Gasteiger charge is 2.55. The van der Waals surface area contributed by atoms with Crippen LogP contribution in [0.1, 0.15) is 132 Å². The predicted octanol–water partition coefficient (Wildman–Crippen LogP) is 16.4. The summed E-state index contributed by atoms with van der Waals surface area (Å²) in [6, 6.07) is 72.8. The van der Waals surface area contributed by atoms with E-state index in [0.717, 1.165) is 59.1 Å². The minimum Gasteiger partial charge on any atom is -0.494 e. The average molecular weight is 1320 g/mol. The summed E-state index contributed by atoms with van der Waals surface area (Å²) in [6.45, 7) is 5.72. The number of benzene rings is 8. The molecule has 10 rings (SSSR count). The van der Waals surface area contributed by atoms with Crippen molar-refractivity contribution in [3.63, 3.8) is 0 Å². The SMILES string of the molecule is CCCCCCCOc1ccc(C(=O)OCC2O[C@H](O[C@H]3OC(COC(=O)c4ccc(OCCCCCCC)cc4)[C@@H](OCc4ccccc4)C(OCc4ccccc4)C3OCc3ccccc3)C(OCc3ccccc3)C(OCc3ccccc3)[C@@H]2OCc2ccccc2)cc1. The molecule has 0 N–H and O–H groups in total. The van der Waals surface area contributed by atoms with Crippen molar-refractivity contribution in [2.75, 3.05) is 26.4 Å². The van der Waals surface area contributed by atoms with Crippen LogP contribution in [0.3, 0.4) is 0 Å². The highest BCUT2D eigenvalue weighted by atomic mass is 16.8. The molecule has 2 fully saturated rings. The normalized spacial score (nSPS) is 20.8. The minimum atomic E-state index is -1.37. The Balaban J connectivity index is 1.02. The molecule has 8 aromatic carbocycles. The van der Waals surface area contributed by atoms with Crippen LogP contribution in [0.2, 0.25) is 0 Å². The Morgan fingerprint density at radius 3 is 0.866 bits per heavy atom. The van der Waals surface area contributed by atoms with Gasteiger partial charge in [0.25, 0.3) is 0 Å². The maximum absolute atomic E-state index is 14.3. The molecule has 2 saturated heterocycles. The zero-order valence-corrected chi connectivity index (χ0v) is 56.0. The lowest BCUT2D eigenvalue weighted by molar-refractivity contribution is -0.393. The number of ether oxygens (including phenoxy) is 13. The van der Waals surface area contributed by atoms with Gasteiger partial charge in [-0.3, -0.25) is 0 Å². The van der Waals surface area contributed by atoms with Gasteiger partial charge in [0.2, 0.25) is 0 Å². The van der Waals surface area contributed by atoms with Crippen LogP contribution in [0, 0.1) is 0 Å². The van der Waals surface area contributed by atoms with E-state index < -0.39 is 73.4 Å². The standard InChI is InChI=1S/C82H94O15/c1-3-5-7-9-29-51-85-69-47-43-67(44-48-69)79(83)93-59-71-73(87-53-61-31-17-11-18-32-61)75(89-55-63-35-21-13-22-36-63)77(91-57-65-39-25-15-26-40-65)81(95-71)97-82-78(92-58-66-41-27-16-28-42-66)76(90-56-64-37-23-14-24-38-64)74(88-54-62-33-19-12-20-34-62)72(96-82)60-94-80(84)68-45-49-70(50-46-68)86-52-30-10-8-6-4-2/h11-28,31-50,71-78,81-82H,3-10,29-30,51-60H2,1-2H3/t71?,72?,73-,74-,75?,76?,77?,78?,81-,82-/m1/s1. The van der Waals surface area contributed by atoms with Gasteiger partial charge in [0, 0.05) is 0 Å². The molecule has 512 valence electrons. The first kappa shape index (κ1) is 71.7. The van der Waals surface area contributed by atoms with Crippen LogP contribution >= 0.6 is 0 Å². The number of carbonyl (C=O) groups excluding carboxylic acids is 2. The highest BCUT2D eigenvalue weighted by molar-refractivity contribution is 5.90. The van der Waals surface area contributed by atoms with Gasteiger partial charge in [-0.15, -0.1) is 0 Å². The molecule has 0 saturated carbocycles. The Labute approximate surface area is 572 Å². The number of esters is 2. The van der Waals surface area contributed by atoms with Gasteiger partial charge in [0.05, 0.1) is 64.0 Å². The van der Waals surface area contributed by atoms with Crippen molar-refractivity contribution in [2.24, 2.45) is 0 Å². The van der Waals surface area contributed by atoms with Crippen molar-refractivity contribution < 1.29 is 71.2 Å². The van der Waals surface area contributed by atoms with Crippen LogP contribution in [0.4, 0.5) is 0 Å². The molecule has 0 aliphatic carbocycles. The number of hydrogen-bond acceptors (Lipinski definition) is 15. The van der Waals surface area contributed by atoms with Crippen LogP contribution in [0.25, 0.3) is 0 Å². The average Bonchev–Trinajstić information content (AvgIpc) is 0.821. The second-order valence-electron chi connectivity index (χ2n) is 24.6. The molecule has 0 amide bonds. The van der Waals surface area contributed by atoms with E-state index in [1.54, 1.807) is 48.5 Å². The molecule has 97 heavy (non-hydrogen) atoms. The molecule has 2 aliphatic heterocycles. The van der Waals surface area contributed by atoms with E-state index in [-0.39, 0.29) is 52.9 Å². The molecule has 2 aliphatic rings. The molecule has 10 atom stereocenters. The fourth-order valence-corrected chi connectivity index (χ4v) is 11.8. The Kier molecular flexibility index (Phi) is 29.6. The van der Waals surface area contributed by atoms with Crippen LogP contribution in [-0.2, 0) is 91.7 Å². The topological polar surface area (TPSA) is 154 Å². The summed E-state index contributed by atoms with van der Waals surface area (Å²) in [7, 11) is 0. The third-order valence-electron chi connectivity index (χ3n) is 17.1. The maximum atomic E-state index is 14.3. The lowest BCUT2D eigenvalue weighted by Gasteiger charge is -2.49. The highest BCUT2D eigenvalue weighted by Crippen LogP contribution is 2.37. The van der Waals surface area contributed by atoms with Crippen molar-refractivity contribution in [3.05, 3.63) is 275 Å². The second-order valence-corrected chi connectivity index (χ2v) is 24.6. The smallest absolute Gasteiger partial charge is 0.338 e. The quantitative estimate of drug-likeness (QED) is 0.0264. The van der Waals surface area contributed by atoms with Crippen molar-refractivity contribution in [1.29, 1.82) is 0 Å². The number of carbonyl (C=O) groups is 2. The minimum absolute atomic E-state index is 0.103. The number of rotatable bonds is 40. The Morgan fingerprint density at radius 2 is 0.577 bits per heavy atom. The van der Waals surface area contributed by atoms with Gasteiger partial charge >= 0.3 is 11.9 Å². The first-order valence-corrected chi connectivity index (χ1v) is 34.6. The third-order valence-corrected chi connectivity index (χ3v) is 17.1. The summed E-state index contributed by atoms with van der Waals surface area (Å²) in [5.74, 6) is 0.152. The fraction of sp³-hybridized carbons (Fsp3) is 0.390. The molecule has 15 heteroatoms. The van der Waals surface area contributed by atoms with Gasteiger partial charge in [-0.05, 0) is 94.8 Å². The summed E-state index contributed by atoms with van der Waals surface area (Å²) < 4.78 is 89.2. The van der Waals surface area contributed by atoms with Crippen LogP contribution in [0.15, 0.2) is 231 Å². The maximum Gasteiger partial charge on any atom is 0.338 e. The van der Waals surface area contributed by atoms with E-state index in [9.17, 15) is 9.59 Å². The summed E-state index contributed by atoms with van der Waals surface area (Å²) >= 11 is 0. The van der Waals surface area contributed by atoms with Gasteiger partial charge in [-0.25, -0.2) is 9.59 Å². The van der Waals surface area contributed by atoms with Gasteiger partial charge in [0.15, 0.2) is 12.6 Å². The summed E-state index contributed by atoms with van der Waals surface area (Å²) in [4.78, 5) is 28.7. The van der Waals surface area contributed by atoms with Crippen molar-refractivity contribution in [1.82, 2.24) is 0 Å². The molecule has 8 aromatic rings.